The molecule has 0 aliphatic heterocycles. The van der Waals surface area contributed by atoms with Crippen molar-refractivity contribution < 1.29 is 0 Å². The molecule has 2 aromatic carbocycles. The Kier molecular flexibility index (Phi) is 6.00. The van der Waals surface area contributed by atoms with Gasteiger partial charge < -0.3 is 5.32 Å². The van der Waals surface area contributed by atoms with E-state index in [1.807, 2.05) is 36.7 Å². The Bertz CT molecular complexity index is 1010. The van der Waals surface area contributed by atoms with Gasteiger partial charge in [-0.3, -0.25) is 4.98 Å². The summed E-state index contributed by atoms with van der Waals surface area (Å²) in [5.74, 6) is 0.824. The van der Waals surface area contributed by atoms with Crippen LogP contribution in [0.25, 0.3) is 10.9 Å². The first-order valence-corrected chi connectivity index (χ1v) is 9.01. The molecule has 2 heterocycles. The molecular weight excluding hydrogens is 459 g/mol. The fraction of sp³-hybridized carbons (Fsp3) is 0.0500. The van der Waals surface area contributed by atoms with E-state index in [9.17, 15) is 0 Å². The van der Waals surface area contributed by atoms with Crippen molar-refractivity contribution in [1.82, 2.24) is 15.0 Å². The van der Waals surface area contributed by atoms with Crippen molar-refractivity contribution in [2.24, 2.45) is 0 Å². The van der Waals surface area contributed by atoms with Crippen LogP contribution in [0.15, 0.2) is 73.3 Å². The molecule has 0 saturated heterocycles. The maximum absolute atomic E-state index is 4.40. The van der Waals surface area contributed by atoms with E-state index in [1.165, 1.54) is 11.1 Å². The summed E-state index contributed by atoms with van der Waals surface area (Å²) >= 11 is 2.30. The number of pyridine rings is 1. The molecule has 0 spiro atoms. The predicted octanol–water partition coefficient (Wildman–Crippen LogP) is 5.39. The molecule has 1 N–H and O–H groups in total. The number of hydrogen-bond donors (Lipinski definition) is 1. The van der Waals surface area contributed by atoms with Gasteiger partial charge in [-0.1, -0.05) is 12.1 Å². The number of hydrogen-bond acceptors (Lipinski definition) is 4. The SMILES string of the molecule is Cl.Ic1ccc2ncnc(Nc3ccc(Cc4ccncc4)cc3)c2c1. The number of anilines is 2. The monoisotopic (exact) mass is 474 g/mol. The maximum Gasteiger partial charge on any atom is 0.141 e. The molecule has 0 amide bonds. The van der Waals surface area contributed by atoms with E-state index < -0.39 is 0 Å². The average molecular weight is 475 g/mol. The number of nitrogens with one attached hydrogen (secondary N) is 1. The highest BCUT2D eigenvalue weighted by molar-refractivity contribution is 14.1. The van der Waals surface area contributed by atoms with Crippen molar-refractivity contribution >= 4 is 57.4 Å². The smallest absolute Gasteiger partial charge is 0.141 e. The first-order valence-electron chi connectivity index (χ1n) is 7.93. The number of halogens is 2. The Hall–Kier alpha value is -2.25. The van der Waals surface area contributed by atoms with Gasteiger partial charge >= 0.3 is 0 Å². The van der Waals surface area contributed by atoms with Gasteiger partial charge in [0.05, 0.1) is 5.52 Å². The number of benzene rings is 2. The molecule has 6 heteroatoms. The zero-order valence-electron chi connectivity index (χ0n) is 13.8. The second-order valence-electron chi connectivity index (χ2n) is 5.74. The molecule has 0 bridgehead atoms. The largest absolute Gasteiger partial charge is 0.340 e. The summed E-state index contributed by atoms with van der Waals surface area (Å²) in [5, 5.41) is 4.42. The van der Waals surface area contributed by atoms with Crippen molar-refractivity contribution in [2.75, 3.05) is 5.32 Å². The predicted molar refractivity (Wildman–Crippen MR) is 116 cm³/mol. The molecule has 0 aliphatic rings. The molecule has 4 aromatic rings. The van der Waals surface area contributed by atoms with Crippen LogP contribution in [0.4, 0.5) is 11.5 Å². The normalized spacial score (nSPS) is 10.3. The van der Waals surface area contributed by atoms with Crippen LogP contribution in [0, 0.1) is 3.57 Å². The fourth-order valence-corrected chi connectivity index (χ4v) is 3.20. The molecule has 0 radical (unpaired) electrons. The van der Waals surface area contributed by atoms with E-state index in [4.69, 9.17) is 0 Å². The Morgan fingerprint density at radius 2 is 1.58 bits per heavy atom. The van der Waals surface area contributed by atoms with Crippen molar-refractivity contribution in [2.45, 2.75) is 6.42 Å². The van der Waals surface area contributed by atoms with Crippen LogP contribution in [-0.2, 0) is 6.42 Å². The maximum atomic E-state index is 4.40. The summed E-state index contributed by atoms with van der Waals surface area (Å²) in [4.78, 5) is 12.8. The third-order valence-electron chi connectivity index (χ3n) is 3.97. The molecule has 0 unspecified atom stereocenters. The first-order chi connectivity index (χ1) is 12.3. The first kappa shape index (κ1) is 18.5. The molecule has 4 nitrogen and oxygen atoms in total. The standard InChI is InChI=1S/C20H15IN4.ClH/c21-16-3-6-19-18(12-16)20(24-13-23-19)25-17-4-1-14(2-5-17)11-15-7-9-22-10-8-15;/h1-10,12-13H,11H2,(H,23,24,25);1H. The van der Waals surface area contributed by atoms with E-state index in [-0.39, 0.29) is 12.4 Å². The molecule has 130 valence electrons. The number of rotatable bonds is 4. The fourth-order valence-electron chi connectivity index (χ4n) is 2.71. The van der Waals surface area contributed by atoms with E-state index in [0.29, 0.717) is 0 Å². The number of fused-ring (bicyclic) bond motifs is 1. The molecule has 0 atom stereocenters. The Balaban J connectivity index is 0.00000196. The van der Waals surface area contributed by atoms with Crippen LogP contribution in [-0.4, -0.2) is 15.0 Å². The highest BCUT2D eigenvalue weighted by atomic mass is 127. The lowest BCUT2D eigenvalue weighted by molar-refractivity contribution is 1.16. The third kappa shape index (κ3) is 4.28. The second-order valence-corrected chi connectivity index (χ2v) is 6.98. The van der Waals surface area contributed by atoms with Gasteiger partial charge in [-0.25, -0.2) is 9.97 Å². The summed E-state index contributed by atoms with van der Waals surface area (Å²) in [6, 6.07) is 18.7. The van der Waals surface area contributed by atoms with Crippen LogP contribution in [0.1, 0.15) is 11.1 Å². The lowest BCUT2D eigenvalue weighted by Crippen LogP contribution is -1.97. The van der Waals surface area contributed by atoms with Crippen LogP contribution in [0.2, 0.25) is 0 Å². The van der Waals surface area contributed by atoms with E-state index >= 15 is 0 Å². The van der Waals surface area contributed by atoms with Crippen molar-refractivity contribution in [3.05, 3.63) is 88.0 Å². The molecule has 2 aromatic heterocycles. The molecule has 0 aliphatic carbocycles. The zero-order valence-corrected chi connectivity index (χ0v) is 16.7. The summed E-state index contributed by atoms with van der Waals surface area (Å²) < 4.78 is 1.16. The number of aromatic nitrogens is 3. The van der Waals surface area contributed by atoms with Crippen LogP contribution in [0.3, 0.4) is 0 Å². The minimum absolute atomic E-state index is 0. The quantitative estimate of drug-likeness (QED) is 0.403. The van der Waals surface area contributed by atoms with Crippen LogP contribution < -0.4 is 5.32 Å². The Morgan fingerprint density at radius 3 is 2.35 bits per heavy atom. The molecule has 26 heavy (non-hydrogen) atoms. The minimum atomic E-state index is 0. The average Bonchev–Trinajstić information content (AvgIpc) is 2.65. The summed E-state index contributed by atoms with van der Waals surface area (Å²) in [5.41, 5.74) is 4.47. The van der Waals surface area contributed by atoms with Gasteiger partial charge in [-0.05, 0) is 82.6 Å². The lowest BCUT2D eigenvalue weighted by atomic mass is 10.1. The van der Waals surface area contributed by atoms with Gasteiger partial charge in [0, 0.05) is 27.0 Å². The second kappa shape index (κ2) is 8.42. The summed E-state index contributed by atoms with van der Waals surface area (Å²) in [7, 11) is 0. The van der Waals surface area contributed by atoms with Crippen molar-refractivity contribution in [3.63, 3.8) is 0 Å². The van der Waals surface area contributed by atoms with Gasteiger partial charge in [-0.15, -0.1) is 12.4 Å². The summed E-state index contributed by atoms with van der Waals surface area (Å²) in [6.45, 7) is 0. The van der Waals surface area contributed by atoms with Gasteiger partial charge in [0.15, 0.2) is 0 Å². The highest BCUT2D eigenvalue weighted by Gasteiger charge is 2.05. The van der Waals surface area contributed by atoms with E-state index in [0.717, 1.165) is 32.4 Å². The molecule has 4 rings (SSSR count). The van der Waals surface area contributed by atoms with Gasteiger partial charge in [0.1, 0.15) is 12.1 Å². The molecule has 0 saturated carbocycles. The van der Waals surface area contributed by atoms with E-state index in [2.05, 4.69) is 73.2 Å². The lowest BCUT2D eigenvalue weighted by Gasteiger charge is -2.09. The molecular formula is C20H16ClIN4. The van der Waals surface area contributed by atoms with Gasteiger partial charge in [0.2, 0.25) is 0 Å². The Labute approximate surface area is 171 Å². The topological polar surface area (TPSA) is 50.7 Å². The molecule has 0 fully saturated rings. The van der Waals surface area contributed by atoms with Gasteiger partial charge in [0.25, 0.3) is 0 Å². The van der Waals surface area contributed by atoms with Gasteiger partial charge in [-0.2, -0.15) is 0 Å². The van der Waals surface area contributed by atoms with Crippen LogP contribution >= 0.6 is 35.0 Å². The zero-order chi connectivity index (χ0) is 17.1. The number of nitrogens with zero attached hydrogens (tertiary/aromatic N) is 3. The summed E-state index contributed by atoms with van der Waals surface area (Å²) in [6.07, 6.45) is 6.15. The van der Waals surface area contributed by atoms with Crippen molar-refractivity contribution in [1.29, 1.82) is 0 Å². The third-order valence-corrected chi connectivity index (χ3v) is 4.64. The highest BCUT2D eigenvalue weighted by Crippen LogP contribution is 2.25. The minimum Gasteiger partial charge on any atom is -0.340 e. The van der Waals surface area contributed by atoms with E-state index in [1.54, 1.807) is 6.33 Å². The van der Waals surface area contributed by atoms with Crippen molar-refractivity contribution in [3.8, 4) is 0 Å². The van der Waals surface area contributed by atoms with Crippen LogP contribution in [0.5, 0.6) is 0 Å². The Morgan fingerprint density at radius 1 is 0.846 bits per heavy atom.